The summed E-state index contributed by atoms with van der Waals surface area (Å²) in [6.07, 6.45) is 0. The molecule has 0 aliphatic rings. The minimum atomic E-state index is -0.755. The van der Waals surface area contributed by atoms with Gasteiger partial charge in [-0.1, -0.05) is 24.3 Å². The molecule has 2 rings (SSSR count). The summed E-state index contributed by atoms with van der Waals surface area (Å²) in [5.74, 6) is -2.91. The van der Waals surface area contributed by atoms with Crippen molar-refractivity contribution in [1.29, 1.82) is 0 Å². The van der Waals surface area contributed by atoms with Gasteiger partial charge in [0.2, 0.25) is 11.8 Å². The number of rotatable bonds is 12. The van der Waals surface area contributed by atoms with Crippen LogP contribution >= 0.6 is 0 Å². The van der Waals surface area contributed by atoms with Crippen LogP contribution in [0.25, 0.3) is 0 Å². The van der Waals surface area contributed by atoms with Gasteiger partial charge < -0.3 is 30.3 Å². The van der Waals surface area contributed by atoms with E-state index in [0.717, 1.165) is 5.56 Å². The van der Waals surface area contributed by atoms with Gasteiger partial charge in [-0.15, -0.1) is 0 Å². The maximum atomic E-state index is 12.4. The Balaban J connectivity index is 1.88. The van der Waals surface area contributed by atoms with Crippen LogP contribution in [0.2, 0.25) is 0 Å². The molecule has 38 heavy (non-hydrogen) atoms. The normalized spacial score (nSPS) is 10.1. The third-order valence-corrected chi connectivity index (χ3v) is 5.13. The molecule has 0 heterocycles. The Labute approximate surface area is 219 Å². The Morgan fingerprint density at radius 1 is 0.763 bits per heavy atom. The Hall–Kier alpha value is -4.74. The first-order chi connectivity index (χ1) is 18.1. The third kappa shape index (κ3) is 10.1. The number of benzene rings is 2. The molecule has 0 spiro atoms. The summed E-state index contributed by atoms with van der Waals surface area (Å²) in [7, 11) is 1.21. The number of carbonyl (C=O) groups excluding carboxylic acids is 6. The van der Waals surface area contributed by atoms with Crippen molar-refractivity contribution in [2.24, 2.45) is 0 Å². The monoisotopic (exact) mass is 526 g/mol. The number of nitrogens with one attached hydrogen (secondary N) is 3. The molecule has 0 fully saturated rings. The van der Waals surface area contributed by atoms with Gasteiger partial charge in [-0.25, -0.2) is 0 Å². The average molecular weight is 527 g/mol. The molecule has 4 amide bonds. The molecule has 0 saturated heterocycles. The van der Waals surface area contributed by atoms with E-state index in [0.29, 0.717) is 11.1 Å². The zero-order valence-electron chi connectivity index (χ0n) is 21.4. The van der Waals surface area contributed by atoms with Crippen molar-refractivity contribution in [3.63, 3.8) is 0 Å². The van der Waals surface area contributed by atoms with E-state index >= 15 is 0 Å². The minimum absolute atomic E-state index is 0.0498. The molecule has 0 saturated carbocycles. The molecule has 2 aromatic rings. The van der Waals surface area contributed by atoms with Crippen molar-refractivity contribution in [2.45, 2.75) is 26.9 Å². The molecular weight excluding hydrogens is 496 g/mol. The third-order valence-electron chi connectivity index (χ3n) is 5.13. The SMILES string of the molecule is COC(=O)CNC(=O)c1cccc(CN(COC(=O)CNC(=O)c2cccc(CNC(C)=O)c2)C(C)=O)c1. The second-order valence-electron chi connectivity index (χ2n) is 8.11. The number of amides is 4. The topological polar surface area (TPSA) is 160 Å². The highest BCUT2D eigenvalue weighted by Gasteiger charge is 2.15. The first kappa shape index (κ1) is 29.5. The standard InChI is InChI=1S/C26H30N4O8/c1-17(31)27-12-19-6-4-8-21(10-19)25(35)29-14-24(34)38-16-30(18(2)32)15-20-7-5-9-22(11-20)26(36)28-13-23(33)37-3/h4-11H,12-16H2,1-3H3,(H,27,31)(H,28,36)(H,29,35). The van der Waals surface area contributed by atoms with E-state index in [1.165, 1.54) is 25.9 Å². The predicted octanol–water partition coefficient (Wildman–Crippen LogP) is 0.505. The molecular formula is C26H30N4O8. The lowest BCUT2D eigenvalue weighted by molar-refractivity contribution is -0.152. The lowest BCUT2D eigenvalue weighted by atomic mass is 10.1. The summed E-state index contributed by atoms with van der Waals surface area (Å²) >= 11 is 0. The van der Waals surface area contributed by atoms with Crippen molar-refractivity contribution in [3.8, 4) is 0 Å². The van der Waals surface area contributed by atoms with E-state index in [1.54, 1.807) is 48.5 Å². The quantitative estimate of drug-likeness (QED) is 0.266. The van der Waals surface area contributed by atoms with Gasteiger partial charge in [0.25, 0.3) is 11.8 Å². The number of hydrogen-bond acceptors (Lipinski definition) is 8. The summed E-state index contributed by atoms with van der Waals surface area (Å²) in [5, 5.41) is 7.52. The molecule has 0 atom stereocenters. The smallest absolute Gasteiger partial charge is 0.327 e. The Morgan fingerprint density at radius 3 is 1.87 bits per heavy atom. The maximum Gasteiger partial charge on any atom is 0.327 e. The van der Waals surface area contributed by atoms with Gasteiger partial charge >= 0.3 is 11.9 Å². The van der Waals surface area contributed by atoms with Gasteiger partial charge in [0.1, 0.15) is 13.1 Å². The molecule has 12 heteroatoms. The maximum absolute atomic E-state index is 12.4. The lowest BCUT2D eigenvalue weighted by Crippen LogP contribution is -2.35. The minimum Gasteiger partial charge on any atom is -0.468 e. The summed E-state index contributed by atoms with van der Waals surface area (Å²) in [5.41, 5.74) is 1.89. The van der Waals surface area contributed by atoms with Gasteiger partial charge in [0.05, 0.1) is 7.11 Å². The summed E-state index contributed by atoms with van der Waals surface area (Å²) in [6.45, 7) is 1.94. The van der Waals surface area contributed by atoms with E-state index in [-0.39, 0.29) is 43.7 Å². The van der Waals surface area contributed by atoms with Crippen LogP contribution < -0.4 is 16.0 Å². The van der Waals surface area contributed by atoms with Crippen molar-refractivity contribution in [3.05, 3.63) is 70.8 Å². The number of methoxy groups -OCH3 is 1. The summed E-state index contributed by atoms with van der Waals surface area (Å²) < 4.78 is 9.62. The zero-order chi connectivity index (χ0) is 28.1. The fourth-order valence-corrected chi connectivity index (χ4v) is 3.11. The molecule has 0 bridgehead atoms. The highest BCUT2D eigenvalue weighted by atomic mass is 16.5. The lowest BCUT2D eigenvalue weighted by Gasteiger charge is -2.21. The van der Waals surface area contributed by atoms with Crippen LogP contribution in [0.3, 0.4) is 0 Å². The van der Waals surface area contributed by atoms with Crippen LogP contribution in [0, 0.1) is 0 Å². The first-order valence-electron chi connectivity index (χ1n) is 11.6. The van der Waals surface area contributed by atoms with Crippen LogP contribution in [-0.4, -0.2) is 67.4 Å². The largest absolute Gasteiger partial charge is 0.468 e. The van der Waals surface area contributed by atoms with Gasteiger partial charge in [0, 0.05) is 38.1 Å². The molecule has 0 aliphatic heterocycles. The first-order valence-corrected chi connectivity index (χ1v) is 11.6. The predicted molar refractivity (Wildman–Crippen MR) is 134 cm³/mol. The second-order valence-corrected chi connectivity index (χ2v) is 8.11. The van der Waals surface area contributed by atoms with Gasteiger partial charge in [-0.05, 0) is 35.4 Å². The van der Waals surface area contributed by atoms with Crippen molar-refractivity contribution in [1.82, 2.24) is 20.9 Å². The average Bonchev–Trinajstić information content (AvgIpc) is 2.91. The van der Waals surface area contributed by atoms with E-state index in [4.69, 9.17) is 4.74 Å². The number of hydrogen-bond donors (Lipinski definition) is 3. The highest BCUT2D eigenvalue weighted by Crippen LogP contribution is 2.10. The van der Waals surface area contributed by atoms with Crippen LogP contribution in [0.1, 0.15) is 45.7 Å². The fourth-order valence-electron chi connectivity index (χ4n) is 3.11. The van der Waals surface area contributed by atoms with Crippen LogP contribution in [0.15, 0.2) is 48.5 Å². The van der Waals surface area contributed by atoms with Crippen LogP contribution in [0.4, 0.5) is 0 Å². The highest BCUT2D eigenvalue weighted by molar-refractivity contribution is 5.96. The van der Waals surface area contributed by atoms with Gasteiger partial charge in [-0.2, -0.15) is 0 Å². The fraction of sp³-hybridized carbons (Fsp3) is 0.308. The molecule has 3 N–H and O–H groups in total. The summed E-state index contributed by atoms with van der Waals surface area (Å²) in [4.78, 5) is 72.4. The van der Waals surface area contributed by atoms with Crippen LogP contribution in [0.5, 0.6) is 0 Å². The number of esters is 2. The summed E-state index contributed by atoms with van der Waals surface area (Å²) in [6, 6.07) is 13.0. The van der Waals surface area contributed by atoms with Gasteiger partial charge in [-0.3, -0.25) is 28.8 Å². The van der Waals surface area contributed by atoms with Crippen molar-refractivity contribution >= 4 is 35.6 Å². The van der Waals surface area contributed by atoms with Gasteiger partial charge in [0.15, 0.2) is 6.73 Å². The number of carbonyl (C=O) groups is 6. The molecule has 0 aliphatic carbocycles. The molecule has 0 radical (unpaired) electrons. The second kappa shape index (κ2) is 14.7. The molecule has 2 aromatic carbocycles. The van der Waals surface area contributed by atoms with Crippen LogP contribution in [-0.2, 0) is 41.7 Å². The number of nitrogens with zero attached hydrogens (tertiary/aromatic N) is 1. The van der Waals surface area contributed by atoms with Crippen molar-refractivity contribution in [2.75, 3.05) is 26.9 Å². The zero-order valence-corrected chi connectivity index (χ0v) is 21.4. The molecule has 12 nitrogen and oxygen atoms in total. The van der Waals surface area contributed by atoms with E-state index in [2.05, 4.69) is 20.7 Å². The Bertz CT molecular complexity index is 1200. The molecule has 0 unspecified atom stereocenters. The Kier molecular flexibility index (Phi) is 11.4. The molecule has 0 aromatic heterocycles. The number of ether oxygens (including phenoxy) is 2. The van der Waals surface area contributed by atoms with E-state index in [1.807, 2.05) is 0 Å². The van der Waals surface area contributed by atoms with E-state index < -0.39 is 30.3 Å². The Morgan fingerprint density at radius 2 is 1.32 bits per heavy atom. The van der Waals surface area contributed by atoms with E-state index in [9.17, 15) is 28.8 Å². The molecule has 202 valence electrons. The van der Waals surface area contributed by atoms with Crippen molar-refractivity contribution < 1.29 is 38.2 Å².